The molecular formula is C25H28BrN3O4. The Morgan fingerprint density at radius 2 is 1.94 bits per heavy atom. The first-order valence-electron chi connectivity index (χ1n) is 11.0. The molecule has 2 N–H and O–H groups in total. The molecule has 174 valence electrons. The van der Waals surface area contributed by atoms with E-state index in [1.807, 2.05) is 26.0 Å². The summed E-state index contributed by atoms with van der Waals surface area (Å²) in [6, 6.07) is 8.43. The summed E-state index contributed by atoms with van der Waals surface area (Å²) in [7, 11) is 0. The van der Waals surface area contributed by atoms with Crippen LogP contribution >= 0.6 is 15.9 Å². The first kappa shape index (κ1) is 23.3. The molecule has 7 nitrogen and oxygen atoms in total. The lowest BCUT2D eigenvalue weighted by Gasteiger charge is -2.37. The van der Waals surface area contributed by atoms with Gasteiger partial charge in [-0.1, -0.05) is 19.9 Å². The summed E-state index contributed by atoms with van der Waals surface area (Å²) in [5.41, 5.74) is 2.77. The van der Waals surface area contributed by atoms with Crippen LogP contribution in [0.15, 0.2) is 44.1 Å². The normalized spacial score (nSPS) is 16.6. The fraction of sp³-hybridized carbons (Fsp3) is 0.400. The minimum Gasteiger partial charge on any atom is -0.476 e. The minimum absolute atomic E-state index is 0.0775. The SMILES string of the molecule is Cc1cc([C@@H](C)Nc2ccc(Br)nc2C(=O)O)c2oc(N3CCC(C)(C)CC3)cc(=O)c2c1. The Morgan fingerprint density at radius 3 is 2.61 bits per heavy atom. The van der Waals surface area contributed by atoms with Crippen molar-refractivity contribution in [2.45, 2.75) is 46.6 Å². The van der Waals surface area contributed by atoms with Gasteiger partial charge >= 0.3 is 5.97 Å². The van der Waals surface area contributed by atoms with Gasteiger partial charge in [-0.3, -0.25) is 4.79 Å². The number of nitrogens with zero attached hydrogens (tertiary/aromatic N) is 2. The van der Waals surface area contributed by atoms with Crippen LogP contribution < -0.4 is 15.6 Å². The number of piperidine rings is 1. The highest BCUT2D eigenvalue weighted by molar-refractivity contribution is 9.10. The van der Waals surface area contributed by atoms with Crippen molar-refractivity contribution in [3.63, 3.8) is 0 Å². The Kier molecular flexibility index (Phi) is 6.22. The van der Waals surface area contributed by atoms with Gasteiger partial charge < -0.3 is 19.7 Å². The van der Waals surface area contributed by atoms with E-state index < -0.39 is 5.97 Å². The van der Waals surface area contributed by atoms with Crippen molar-refractivity contribution in [1.29, 1.82) is 0 Å². The molecule has 1 aliphatic heterocycles. The smallest absolute Gasteiger partial charge is 0.356 e. The quantitative estimate of drug-likeness (QED) is 0.418. The number of rotatable bonds is 5. The van der Waals surface area contributed by atoms with Crippen molar-refractivity contribution in [1.82, 2.24) is 4.98 Å². The molecule has 4 rings (SSSR count). The van der Waals surface area contributed by atoms with Crippen LogP contribution in [-0.4, -0.2) is 29.1 Å². The maximum absolute atomic E-state index is 13.0. The van der Waals surface area contributed by atoms with Crippen LogP contribution in [0.4, 0.5) is 11.6 Å². The second-order valence-electron chi connectivity index (χ2n) is 9.53. The Labute approximate surface area is 200 Å². The second kappa shape index (κ2) is 8.82. The van der Waals surface area contributed by atoms with Gasteiger partial charge in [-0.05, 0) is 71.8 Å². The van der Waals surface area contributed by atoms with Crippen LogP contribution in [0.3, 0.4) is 0 Å². The Morgan fingerprint density at radius 1 is 1.24 bits per heavy atom. The van der Waals surface area contributed by atoms with Gasteiger partial charge in [0.05, 0.1) is 17.1 Å². The lowest BCUT2D eigenvalue weighted by Crippen LogP contribution is -2.37. The standard InChI is InChI=1S/C25H28BrN3O4/c1-14-11-16(15(2)27-18-5-6-20(26)28-22(18)24(31)32)23-17(12-14)19(30)13-21(33-23)29-9-7-25(3,4)8-10-29/h5-6,11-13,15,27H,7-10H2,1-4H3,(H,31,32)/t15-/m1/s1. The number of aryl methyl sites for hydroxylation is 1. The monoisotopic (exact) mass is 513 g/mol. The van der Waals surface area contributed by atoms with Crippen molar-refractivity contribution in [2.75, 3.05) is 23.3 Å². The average Bonchev–Trinajstić information content (AvgIpc) is 2.74. The molecule has 0 saturated carbocycles. The highest BCUT2D eigenvalue weighted by atomic mass is 79.9. The van der Waals surface area contributed by atoms with E-state index in [2.05, 4.69) is 45.0 Å². The molecular weight excluding hydrogens is 486 g/mol. The molecule has 0 bridgehead atoms. The fourth-order valence-corrected chi connectivity index (χ4v) is 4.57. The van der Waals surface area contributed by atoms with Crippen LogP contribution in [0.25, 0.3) is 11.0 Å². The molecule has 0 aliphatic carbocycles. The van der Waals surface area contributed by atoms with E-state index in [0.717, 1.165) is 37.1 Å². The van der Waals surface area contributed by atoms with Gasteiger partial charge in [0.25, 0.3) is 0 Å². The van der Waals surface area contributed by atoms with Gasteiger partial charge in [-0.2, -0.15) is 0 Å². The van der Waals surface area contributed by atoms with Crippen molar-refractivity contribution < 1.29 is 14.3 Å². The molecule has 3 heterocycles. The number of nitrogens with one attached hydrogen (secondary N) is 1. The minimum atomic E-state index is -1.12. The first-order chi connectivity index (χ1) is 15.5. The first-order valence-corrected chi connectivity index (χ1v) is 11.8. The summed E-state index contributed by atoms with van der Waals surface area (Å²) in [6.07, 6.45) is 2.06. The molecule has 33 heavy (non-hydrogen) atoms. The van der Waals surface area contributed by atoms with Crippen molar-refractivity contribution in [2.24, 2.45) is 5.41 Å². The largest absolute Gasteiger partial charge is 0.476 e. The van der Waals surface area contributed by atoms with E-state index >= 15 is 0 Å². The highest BCUT2D eigenvalue weighted by Gasteiger charge is 2.27. The number of carboxylic acids is 1. The molecule has 8 heteroatoms. The van der Waals surface area contributed by atoms with Gasteiger partial charge in [0.15, 0.2) is 17.0 Å². The van der Waals surface area contributed by atoms with Gasteiger partial charge in [0.2, 0.25) is 0 Å². The third-order valence-electron chi connectivity index (χ3n) is 6.32. The number of anilines is 2. The maximum Gasteiger partial charge on any atom is 0.356 e. The second-order valence-corrected chi connectivity index (χ2v) is 10.3. The van der Waals surface area contributed by atoms with E-state index in [0.29, 0.717) is 27.1 Å². The molecule has 1 atom stereocenters. The van der Waals surface area contributed by atoms with E-state index in [1.54, 1.807) is 18.2 Å². The third-order valence-corrected chi connectivity index (χ3v) is 6.76. The van der Waals surface area contributed by atoms with Crippen LogP contribution in [0, 0.1) is 12.3 Å². The number of aromatic carboxylic acids is 1. The zero-order chi connectivity index (χ0) is 23.9. The molecule has 0 spiro atoms. The van der Waals surface area contributed by atoms with Crippen LogP contribution in [0.1, 0.15) is 61.3 Å². The summed E-state index contributed by atoms with van der Waals surface area (Å²) < 4.78 is 6.78. The summed E-state index contributed by atoms with van der Waals surface area (Å²) in [5, 5.41) is 13.3. The van der Waals surface area contributed by atoms with Gasteiger partial charge in [0.1, 0.15) is 10.2 Å². The van der Waals surface area contributed by atoms with E-state index in [1.165, 1.54) is 0 Å². The topological polar surface area (TPSA) is 95.7 Å². The molecule has 0 amide bonds. The van der Waals surface area contributed by atoms with Crippen LogP contribution in [0.5, 0.6) is 0 Å². The number of hydrogen-bond donors (Lipinski definition) is 2. The third kappa shape index (κ3) is 4.90. The van der Waals surface area contributed by atoms with Crippen LogP contribution in [0.2, 0.25) is 0 Å². The van der Waals surface area contributed by atoms with E-state index in [9.17, 15) is 14.7 Å². The van der Waals surface area contributed by atoms with Crippen molar-refractivity contribution in [3.8, 4) is 0 Å². The molecule has 1 aliphatic rings. The van der Waals surface area contributed by atoms with Crippen LogP contribution in [-0.2, 0) is 0 Å². The molecule has 0 unspecified atom stereocenters. The molecule has 3 aromatic rings. The number of fused-ring (bicyclic) bond motifs is 1. The Hall–Kier alpha value is -2.87. The molecule has 0 radical (unpaired) electrons. The summed E-state index contributed by atoms with van der Waals surface area (Å²) in [6.45, 7) is 10.0. The fourth-order valence-electron chi connectivity index (χ4n) is 4.26. The number of benzene rings is 1. The molecule has 1 fully saturated rings. The lowest BCUT2D eigenvalue weighted by atomic mass is 9.83. The number of hydrogen-bond acceptors (Lipinski definition) is 6. The number of pyridine rings is 1. The highest BCUT2D eigenvalue weighted by Crippen LogP contribution is 2.34. The maximum atomic E-state index is 13.0. The zero-order valence-electron chi connectivity index (χ0n) is 19.2. The average molecular weight is 514 g/mol. The molecule has 1 aromatic carbocycles. The summed E-state index contributed by atoms with van der Waals surface area (Å²) in [5.74, 6) is -0.543. The van der Waals surface area contributed by atoms with Crippen molar-refractivity contribution >= 4 is 44.4 Å². The Balaban J connectivity index is 1.75. The molecule has 2 aromatic heterocycles. The summed E-state index contributed by atoms with van der Waals surface area (Å²) >= 11 is 3.22. The predicted molar refractivity (Wildman–Crippen MR) is 133 cm³/mol. The number of carboxylic acid groups (broad SMARTS) is 1. The van der Waals surface area contributed by atoms with Crippen molar-refractivity contribution in [3.05, 3.63) is 62.0 Å². The summed E-state index contributed by atoms with van der Waals surface area (Å²) in [4.78, 5) is 30.9. The van der Waals surface area contributed by atoms with E-state index in [-0.39, 0.29) is 22.6 Å². The van der Waals surface area contributed by atoms with Gasteiger partial charge in [0, 0.05) is 24.7 Å². The van der Waals surface area contributed by atoms with E-state index in [4.69, 9.17) is 4.42 Å². The number of aromatic nitrogens is 1. The van der Waals surface area contributed by atoms with Gasteiger partial charge in [-0.25, -0.2) is 9.78 Å². The Bertz CT molecular complexity index is 1270. The zero-order valence-corrected chi connectivity index (χ0v) is 20.8. The number of carbonyl (C=O) groups is 1. The predicted octanol–water partition coefficient (Wildman–Crippen LogP) is 5.76. The lowest BCUT2D eigenvalue weighted by molar-refractivity contribution is 0.0691. The molecule has 1 saturated heterocycles. The number of halogens is 1. The van der Waals surface area contributed by atoms with Gasteiger partial charge in [-0.15, -0.1) is 0 Å².